The average molecular weight is 244 g/mol. The Kier molecular flexibility index (Phi) is 2.67. The third kappa shape index (κ3) is 1.93. The van der Waals surface area contributed by atoms with Crippen molar-refractivity contribution in [1.29, 1.82) is 0 Å². The minimum absolute atomic E-state index is 0.0392. The van der Waals surface area contributed by atoms with Crippen molar-refractivity contribution in [3.05, 3.63) is 29.6 Å². The molecule has 96 valence electrons. The van der Waals surface area contributed by atoms with Crippen LogP contribution < -0.4 is 0 Å². The zero-order valence-electron chi connectivity index (χ0n) is 11.0. The number of hydrogen-bond donors (Lipinski definition) is 2. The molecule has 0 bridgehead atoms. The summed E-state index contributed by atoms with van der Waals surface area (Å²) in [5.41, 5.74) is 3.42. The number of fused-ring (bicyclic) bond motifs is 1. The number of nitrogens with one attached hydrogen (secondary N) is 1. The summed E-state index contributed by atoms with van der Waals surface area (Å²) in [6.07, 6.45) is 3.18. The van der Waals surface area contributed by atoms with Gasteiger partial charge < -0.3 is 10.1 Å². The van der Waals surface area contributed by atoms with Crippen molar-refractivity contribution in [3.63, 3.8) is 0 Å². The Morgan fingerprint density at radius 3 is 2.78 bits per heavy atom. The van der Waals surface area contributed by atoms with Crippen LogP contribution in [0.1, 0.15) is 38.1 Å². The number of imidazole rings is 1. The molecule has 1 aliphatic rings. The lowest BCUT2D eigenvalue weighted by molar-refractivity contribution is 0.255. The first-order valence-corrected chi connectivity index (χ1v) is 6.73. The molecule has 0 unspecified atom stereocenters. The molecule has 3 nitrogen and oxygen atoms in total. The van der Waals surface area contributed by atoms with E-state index in [1.807, 2.05) is 0 Å². The van der Waals surface area contributed by atoms with Gasteiger partial charge in [-0.05, 0) is 36.5 Å². The second-order valence-electron chi connectivity index (χ2n) is 5.95. The normalized spacial score (nSPS) is 17.6. The molecule has 0 atom stereocenters. The summed E-state index contributed by atoms with van der Waals surface area (Å²) in [6.45, 7) is 4.65. The Labute approximate surface area is 107 Å². The number of aliphatic hydroxyl groups is 1. The molecule has 2 aromatic rings. The van der Waals surface area contributed by atoms with E-state index in [9.17, 15) is 5.11 Å². The van der Waals surface area contributed by atoms with Gasteiger partial charge in [-0.3, -0.25) is 0 Å². The van der Waals surface area contributed by atoms with Gasteiger partial charge in [0, 0.05) is 11.8 Å². The molecule has 0 spiro atoms. The SMILES string of the molecule is CC(C)Cc1nc2ccc(C3(CO)CC3)cc2[nH]1. The maximum absolute atomic E-state index is 9.48. The second kappa shape index (κ2) is 4.09. The largest absolute Gasteiger partial charge is 0.395 e. The van der Waals surface area contributed by atoms with E-state index in [0.717, 1.165) is 36.1 Å². The topological polar surface area (TPSA) is 48.9 Å². The number of aromatic nitrogens is 2. The van der Waals surface area contributed by atoms with Gasteiger partial charge in [0.2, 0.25) is 0 Å². The van der Waals surface area contributed by atoms with E-state index in [4.69, 9.17) is 0 Å². The van der Waals surface area contributed by atoms with Crippen LogP contribution in [0.2, 0.25) is 0 Å². The molecule has 1 aromatic carbocycles. The van der Waals surface area contributed by atoms with E-state index < -0.39 is 0 Å². The maximum atomic E-state index is 9.48. The smallest absolute Gasteiger partial charge is 0.107 e. The van der Waals surface area contributed by atoms with E-state index in [0.29, 0.717) is 5.92 Å². The van der Waals surface area contributed by atoms with Crippen LogP contribution in [0, 0.1) is 5.92 Å². The molecule has 1 aromatic heterocycles. The van der Waals surface area contributed by atoms with Crippen molar-refractivity contribution in [1.82, 2.24) is 9.97 Å². The van der Waals surface area contributed by atoms with Crippen molar-refractivity contribution in [2.75, 3.05) is 6.61 Å². The lowest BCUT2D eigenvalue weighted by Gasteiger charge is -2.11. The van der Waals surface area contributed by atoms with Crippen LogP contribution in [0.3, 0.4) is 0 Å². The van der Waals surface area contributed by atoms with Crippen LogP contribution in [0.15, 0.2) is 18.2 Å². The highest BCUT2D eigenvalue weighted by Crippen LogP contribution is 2.48. The molecular formula is C15H20N2O. The van der Waals surface area contributed by atoms with Gasteiger partial charge in [0.15, 0.2) is 0 Å². The van der Waals surface area contributed by atoms with Gasteiger partial charge in [-0.2, -0.15) is 0 Å². The van der Waals surface area contributed by atoms with Gasteiger partial charge >= 0.3 is 0 Å². The minimum atomic E-state index is 0.0392. The van der Waals surface area contributed by atoms with E-state index >= 15 is 0 Å². The number of nitrogens with zero attached hydrogens (tertiary/aromatic N) is 1. The maximum Gasteiger partial charge on any atom is 0.107 e. The lowest BCUT2D eigenvalue weighted by Crippen LogP contribution is -2.11. The van der Waals surface area contributed by atoms with E-state index in [2.05, 4.69) is 42.0 Å². The second-order valence-corrected chi connectivity index (χ2v) is 5.95. The van der Waals surface area contributed by atoms with E-state index in [-0.39, 0.29) is 12.0 Å². The fraction of sp³-hybridized carbons (Fsp3) is 0.533. The molecule has 18 heavy (non-hydrogen) atoms. The van der Waals surface area contributed by atoms with Crippen molar-refractivity contribution in [3.8, 4) is 0 Å². The summed E-state index contributed by atoms with van der Waals surface area (Å²) in [4.78, 5) is 8.00. The number of aliphatic hydroxyl groups excluding tert-OH is 1. The van der Waals surface area contributed by atoms with Crippen molar-refractivity contribution >= 4 is 11.0 Å². The zero-order chi connectivity index (χ0) is 12.8. The van der Waals surface area contributed by atoms with Crippen LogP contribution in [0.5, 0.6) is 0 Å². The quantitative estimate of drug-likeness (QED) is 0.868. The molecule has 1 aliphatic carbocycles. The van der Waals surface area contributed by atoms with Gasteiger partial charge in [0.05, 0.1) is 17.6 Å². The molecule has 0 amide bonds. The predicted molar refractivity (Wildman–Crippen MR) is 72.6 cm³/mol. The monoisotopic (exact) mass is 244 g/mol. The Bertz CT molecular complexity index is 567. The summed E-state index contributed by atoms with van der Waals surface area (Å²) >= 11 is 0. The molecule has 0 radical (unpaired) electrons. The zero-order valence-corrected chi connectivity index (χ0v) is 11.0. The van der Waals surface area contributed by atoms with Crippen LogP contribution in [0.25, 0.3) is 11.0 Å². The first-order chi connectivity index (χ1) is 8.63. The van der Waals surface area contributed by atoms with Crippen LogP contribution in [-0.2, 0) is 11.8 Å². The highest BCUT2D eigenvalue weighted by Gasteiger charge is 2.43. The molecule has 1 saturated carbocycles. The summed E-state index contributed by atoms with van der Waals surface area (Å²) in [5.74, 6) is 1.67. The minimum Gasteiger partial charge on any atom is -0.395 e. The summed E-state index contributed by atoms with van der Waals surface area (Å²) in [6, 6.07) is 6.35. The molecule has 0 aliphatic heterocycles. The Hall–Kier alpha value is -1.35. The number of rotatable bonds is 4. The van der Waals surface area contributed by atoms with Gasteiger partial charge in [0.25, 0.3) is 0 Å². The molecule has 3 rings (SSSR count). The molecular weight excluding hydrogens is 224 g/mol. The lowest BCUT2D eigenvalue weighted by atomic mass is 9.97. The van der Waals surface area contributed by atoms with Crippen LogP contribution in [0.4, 0.5) is 0 Å². The van der Waals surface area contributed by atoms with Gasteiger partial charge in [-0.1, -0.05) is 19.9 Å². The van der Waals surface area contributed by atoms with Gasteiger partial charge in [-0.25, -0.2) is 4.98 Å². The highest BCUT2D eigenvalue weighted by molar-refractivity contribution is 5.76. The number of hydrogen-bond acceptors (Lipinski definition) is 2. The predicted octanol–water partition coefficient (Wildman–Crippen LogP) is 2.79. The standard InChI is InChI=1S/C15H20N2O/c1-10(2)7-14-16-12-4-3-11(8-13(12)17-14)15(9-18)5-6-15/h3-4,8,10,18H,5-7,9H2,1-2H3,(H,16,17). The third-order valence-corrected chi connectivity index (χ3v) is 3.90. The Morgan fingerprint density at radius 1 is 1.39 bits per heavy atom. The summed E-state index contributed by atoms with van der Waals surface area (Å²) < 4.78 is 0. The van der Waals surface area contributed by atoms with E-state index in [1.54, 1.807) is 0 Å². The molecule has 3 heteroatoms. The number of benzene rings is 1. The fourth-order valence-corrected chi connectivity index (χ4v) is 2.56. The van der Waals surface area contributed by atoms with Crippen molar-refractivity contribution in [2.45, 2.75) is 38.5 Å². The number of H-pyrrole nitrogens is 1. The van der Waals surface area contributed by atoms with Crippen molar-refractivity contribution < 1.29 is 5.11 Å². The first kappa shape index (κ1) is 11.7. The van der Waals surface area contributed by atoms with Gasteiger partial charge in [0.1, 0.15) is 5.82 Å². The summed E-state index contributed by atoms with van der Waals surface area (Å²) in [5, 5.41) is 9.48. The molecule has 2 N–H and O–H groups in total. The third-order valence-electron chi connectivity index (χ3n) is 3.90. The van der Waals surface area contributed by atoms with Gasteiger partial charge in [-0.15, -0.1) is 0 Å². The van der Waals surface area contributed by atoms with Crippen LogP contribution in [-0.4, -0.2) is 21.7 Å². The average Bonchev–Trinajstić information content (AvgIpc) is 3.03. The fourth-order valence-electron chi connectivity index (χ4n) is 2.56. The molecule has 1 fully saturated rings. The van der Waals surface area contributed by atoms with Crippen LogP contribution >= 0.6 is 0 Å². The first-order valence-electron chi connectivity index (χ1n) is 6.73. The molecule has 0 saturated heterocycles. The van der Waals surface area contributed by atoms with Crippen molar-refractivity contribution in [2.24, 2.45) is 5.92 Å². The Morgan fingerprint density at radius 2 is 2.17 bits per heavy atom. The molecule has 1 heterocycles. The van der Waals surface area contributed by atoms with E-state index in [1.165, 1.54) is 5.56 Å². The number of aromatic amines is 1. The Balaban J connectivity index is 1.97. The highest BCUT2D eigenvalue weighted by atomic mass is 16.3. The summed E-state index contributed by atoms with van der Waals surface area (Å²) in [7, 11) is 0.